The van der Waals surface area contributed by atoms with Crippen molar-refractivity contribution in [1.82, 2.24) is 5.32 Å². The van der Waals surface area contributed by atoms with Crippen LogP contribution in [-0.4, -0.2) is 31.2 Å². The average molecular weight is 315 g/mol. The van der Waals surface area contributed by atoms with E-state index in [4.69, 9.17) is 4.74 Å². The lowest BCUT2D eigenvalue weighted by atomic mass is 9.90. The van der Waals surface area contributed by atoms with E-state index in [1.165, 1.54) is 5.56 Å². The Morgan fingerprint density at radius 3 is 2.50 bits per heavy atom. The molecule has 7 heteroatoms. The molecule has 0 bridgehead atoms. The number of esters is 1. The van der Waals surface area contributed by atoms with Gasteiger partial charge < -0.3 is 10.1 Å². The fraction of sp³-hybridized carbons (Fsp3) is 0.467. The molecule has 0 heterocycles. The second-order valence-corrected chi connectivity index (χ2v) is 5.16. The summed E-state index contributed by atoms with van der Waals surface area (Å²) in [7, 11) is 0. The molecule has 1 aromatic carbocycles. The largest absolute Gasteiger partial charge is 0.452 e. The van der Waals surface area contributed by atoms with Gasteiger partial charge >= 0.3 is 12.1 Å². The highest BCUT2D eigenvalue weighted by molar-refractivity contribution is 5.91. The van der Waals surface area contributed by atoms with Crippen molar-refractivity contribution in [2.45, 2.75) is 31.9 Å². The molecular weight excluding hydrogens is 299 g/mol. The number of hydrogen-bond acceptors (Lipinski definition) is 3. The van der Waals surface area contributed by atoms with E-state index in [1.54, 1.807) is 17.4 Å². The molecule has 1 amide bonds. The van der Waals surface area contributed by atoms with Crippen LogP contribution in [0.4, 0.5) is 13.2 Å². The van der Waals surface area contributed by atoms with Gasteiger partial charge in [0.15, 0.2) is 6.61 Å². The second-order valence-electron chi connectivity index (χ2n) is 5.16. The Morgan fingerprint density at radius 1 is 1.14 bits per heavy atom. The molecule has 1 aliphatic rings. The Hall–Kier alpha value is -2.05. The van der Waals surface area contributed by atoms with Crippen LogP contribution in [0.3, 0.4) is 0 Å². The maximum Gasteiger partial charge on any atom is 0.405 e. The number of amides is 1. The highest BCUT2D eigenvalue weighted by Gasteiger charge is 2.27. The number of carbonyl (C=O) groups excluding carboxylic acids is 2. The molecule has 1 N–H and O–H groups in total. The van der Waals surface area contributed by atoms with Gasteiger partial charge in [0.25, 0.3) is 5.91 Å². The van der Waals surface area contributed by atoms with Gasteiger partial charge in [0.05, 0.1) is 5.56 Å². The SMILES string of the molecule is O=C(COC(=O)c1ccc2c(c1)CCCC2)NCC(F)(F)F. The van der Waals surface area contributed by atoms with Crippen LogP contribution in [0.2, 0.25) is 0 Å². The fourth-order valence-corrected chi connectivity index (χ4v) is 2.32. The Bertz CT molecular complexity index is 570. The summed E-state index contributed by atoms with van der Waals surface area (Å²) in [6, 6.07) is 5.19. The summed E-state index contributed by atoms with van der Waals surface area (Å²) >= 11 is 0. The second kappa shape index (κ2) is 6.81. The van der Waals surface area contributed by atoms with E-state index in [9.17, 15) is 22.8 Å². The molecule has 0 spiro atoms. The summed E-state index contributed by atoms with van der Waals surface area (Å²) < 4.78 is 40.5. The Morgan fingerprint density at radius 2 is 1.82 bits per heavy atom. The summed E-state index contributed by atoms with van der Waals surface area (Å²) in [5.74, 6) is -1.70. The summed E-state index contributed by atoms with van der Waals surface area (Å²) in [5.41, 5.74) is 2.59. The lowest BCUT2D eigenvalue weighted by Crippen LogP contribution is -2.36. The normalized spacial score (nSPS) is 14.1. The molecule has 0 saturated carbocycles. The third-order valence-corrected chi connectivity index (χ3v) is 3.40. The van der Waals surface area contributed by atoms with Crippen LogP contribution in [0.1, 0.15) is 34.3 Å². The van der Waals surface area contributed by atoms with Crippen molar-refractivity contribution in [3.05, 3.63) is 34.9 Å². The predicted molar refractivity (Wildman–Crippen MR) is 72.4 cm³/mol. The van der Waals surface area contributed by atoms with Gasteiger partial charge in [0, 0.05) is 0 Å². The van der Waals surface area contributed by atoms with E-state index in [2.05, 4.69) is 0 Å². The van der Waals surface area contributed by atoms with Crippen LogP contribution < -0.4 is 5.32 Å². The zero-order valence-corrected chi connectivity index (χ0v) is 11.8. The van der Waals surface area contributed by atoms with E-state index in [1.807, 2.05) is 6.07 Å². The molecule has 0 fully saturated rings. The topological polar surface area (TPSA) is 55.4 Å². The molecule has 0 unspecified atom stereocenters. The van der Waals surface area contributed by atoms with E-state index in [-0.39, 0.29) is 0 Å². The molecule has 0 aromatic heterocycles. The summed E-state index contributed by atoms with van der Waals surface area (Å²) in [6.45, 7) is -2.17. The standard InChI is InChI=1S/C15H16F3NO3/c16-15(17,18)9-19-13(20)8-22-14(21)12-6-5-10-3-1-2-4-11(10)7-12/h5-7H,1-4,8-9H2,(H,19,20). The monoisotopic (exact) mass is 315 g/mol. The molecule has 0 aliphatic heterocycles. The molecular formula is C15H16F3NO3. The maximum absolute atomic E-state index is 11.9. The quantitative estimate of drug-likeness (QED) is 0.868. The van der Waals surface area contributed by atoms with Gasteiger partial charge in [0.2, 0.25) is 0 Å². The van der Waals surface area contributed by atoms with Crippen LogP contribution in [0.15, 0.2) is 18.2 Å². The van der Waals surface area contributed by atoms with Crippen molar-refractivity contribution in [2.24, 2.45) is 0 Å². The molecule has 0 atom stereocenters. The highest BCUT2D eigenvalue weighted by atomic mass is 19.4. The lowest BCUT2D eigenvalue weighted by molar-refractivity contribution is -0.140. The predicted octanol–water partition coefficient (Wildman–Crippen LogP) is 2.40. The van der Waals surface area contributed by atoms with Crippen molar-refractivity contribution in [2.75, 3.05) is 13.2 Å². The summed E-state index contributed by atoms with van der Waals surface area (Å²) in [6.07, 6.45) is -0.438. The molecule has 0 radical (unpaired) electrons. The minimum absolute atomic E-state index is 0.310. The first-order valence-electron chi connectivity index (χ1n) is 6.97. The zero-order valence-electron chi connectivity index (χ0n) is 11.8. The number of benzene rings is 1. The number of halogens is 3. The van der Waals surface area contributed by atoms with Gasteiger partial charge in [-0.3, -0.25) is 4.79 Å². The van der Waals surface area contributed by atoms with Crippen molar-refractivity contribution >= 4 is 11.9 Å². The molecule has 2 rings (SSSR count). The third-order valence-electron chi connectivity index (χ3n) is 3.40. The smallest absolute Gasteiger partial charge is 0.405 e. The van der Waals surface area contributed by atoms with Crippen molar-refractivity contribution < 1.29 is 27.5 Å². The van der Waals surface area contributed by atoms with Crippen molar-refractivity contribution in [1.29, 1.82) is 0 Å². The van der Waals surface area contributed by atoms with Gasteiger partial charge in [-0.25, -0.2) is 4.79 Å². The van der Waals surface area contributed by atoms with Gasteiger partial charge in [-0.05, 0) is 48.9 Å². The Kier molecular flexibility index (Phi) is 5.05. The average Bonchev–Trinajstić information content (AvgIpc) is 2.49. The van der Waals surface area contributed by atoms with Crippen LogP contribution in [0.25, 0.3) is 0 Å². The summed E-state index contributed by atoms with van der Waals surface area (Å²) in [4.78, 5) is 23.0. The number of hydrogen-bond donors (Lipinski definition) is 1. The zero-order chi connectivity index (χ0) is 16.2. The van der Waals surface area contributed by atoms with Crippen LogP contribution in [0.5, 0.6) is 0 Å². The molecule has 120 valence electrons. The number of aryl methyl sites for hydroxylation is 2. The van der Waals surface area contributed by atoms with Gasteiger partial charge in [-0.15, -0.1) is 0 Å². The first-order valence-corrected chi connectivity index (χ1v) is 6.97. The Balaban J connectivity index is 1.86. The highest BCUT2D eigenvalue weighted by Crippen LogP contribution is 2.22. The lowest BCUT2D eigenvalue weighted by Gasteiger charge is -2.16. The molecule has 1 aromatic rings. The molecule has 1 aliphatic carbocycles. The molecule has 0 saturated heterocycles. The first kappa shape index (κ1) is 16.3. The third kappa shape index (κ3) is 4.75. The number of nitrogens with one attached hydrogen (secondary N) is 1. The van der Waals surface area contributed by atoms with E-state index in [0.29, 0.717) is 5.56 Å². The van der Waals surface area contributed by atoms with Crippen LogP contribution >= 0.6 is 0 Å². The van der Waals surface area contributed by atoms with Crippen molar-refractivity contribution in [3.8, 4) is 0 Å². The van der Waals surface area contributed by atoms with E-state index in [0.717, 1.165) is 31.2 Å². The number of carbonyl (C=O) groups is 2. The first-order chi connectivity index (χ1) is 10.3. The number of alkyl halides is 3. The van der Waals surface area contributed by atoms with E-state index < -0.39 is 31.2 Å². The molecule has 4 nitrogen and oxygen atoms in total. The minimum Gasteiger partial charge on any atom is -0.452 e. The number of fused-ring (bicyclic) bond motifs is 1. The molecule has 22 heavy (non-hydrogen) atoms. The van der Waals surface area contributed by atoms with Gasteiger partial charge in [0.1, 0.15) is 6.54 Å². The van der Waals surface area contributed by atoms with Gasteiger partial charge in [-0.1, -0.05) is 6.07 Å². The summed E-state index contributed by atoms with van der Waals surface area (Å²) in [5, 5.41) is 1.64. The number of ether oxygens (including phenoxy) is 1. The van der Waals surface area contributed by atoms with Crippen molar-refractivity contribution in [3.63, 3.8) is 0 Å². The van der Waals surface area contributed by atoms with E-state index >= 15 is 0 Å². The van der Waals surface area contributed by atoms with Gasteiger partial charge in [-0.2, -0.15) is 13.2 Å². The fourth-order valence-electron chi connectivity index (χ4n) is 2.32. The van der Waals surface area contributed by atoms with Crippen LogP contribution in [0, 0.1) is 0 Å². The maximum atomic E-state index is 11.9. The number of rotatable bonds is 4. The Labute approximate surface area is 125 Å². The minimum atomic E-state index is -4.49. The van der Waals surface area contributed by atoms with Crippen LogP contribution in [-0.2, 0) is 22.4 Å².